The van der Waals surface area contributed by atoms with Gasteiger partial charge in [0, 0.05) is 19.2 Å². The van der Waals surface area contributed by atoms with E-state index in [9.17, 15) is 18.0 Å². The van der Waals surface area contributed by atoms with Crippen molar-refractivity contribution >= 4 is 21.8 Å². The molecule has 2 N–H and O–H groups in total. The predicted octanol–water partition coefficient (Wildman–Crippen LogP) is 2.45. The molecule has 1 saturated heterocycles. The molecule has 0 bridgehead atoms. The van der Waals surface area contributed by atoms with Crippen LogP contribution in [0.2, 0.25) is 0 Å². The highest BCUT2D eigenvalue weighted by molar-refractivity contribution is 7.89. The van der Waals surface area contributed by atoms with Crippen molar-refractivity contribution in [1.29, 1.82) is 0 Å². The molecule has 184 valence electrons. The SMILES string of the molecule is CC(C)[C@@H](C(=O)NC1CCCCC1)N(C[C@H]1CCCO1)C(=O)CNS(=O)(=O)c1ccccc1. The van der Waals surface area contributed by atoms with Gasteiger partial charge in [-0.25, -0.2) is 13.1 Å². The van der Waals surface area contributed by atoms with Crippen LogP contribution in [0.3, 0.4) is 0 Å². The number of hydrogen-bond donors (Lipinski definition) is 2. The molecule has 3 rings (SSSR count). The van der Waals surface area contributed by atoms with Crippen LogP contribution in [0.4, 0.5) is 0 Å². The second kappa shape index (κ2) is 11.9. The molecule has 1 aliphatic heterocycles. The molecule has 0 unspecified atom stereocenters. The summed E-state index contributed by atoms with van der Waals surface area (Å²) in [5.74, 6) is -0.735. The van der Waals surface area contributed by atoms with Gasteiger partial charge in [0.2, 0.25) is 21.8 Å². The van der Waals surface area contributed by atoms with Crippen molar-refractivity contribution < 1.29 is 22.7 Å². The van der Waals surface area contributed by atoms with Gasteiger partial charge in [0.15, 0.2) is 0 Å². The normalized spacial score (nSPS) is 20.5. The maximum Gasteiger partial charge on any atom is 0.243 e. The fourth-order valence-electron chi connectivity index (χ4n) is 4.66. The summed E-state index contributed by atoms with van der Waals surface area (Å²) in [5.41, 5.74) is 0. The highest BCUT2D eigenvalue weighted by Gasteiger charge is 2.36. The lowest BCUT2D eigenvalue weighted by atomic mass is 9.94. The van der Waals surface area contributed by atoms with Crippen molar-refractivity contribution in [3.05, 3.63) is 30.3 Å². The maximum absolute atomic E-state index is 13.3. The lowest BCUT2D eigenvalue weighted by molar-refractivity contribution is -0.143. The number of nitrogens with zero attached hydrogens (tertiary/aromatic N) is 1. The Kier molecular flexibility index (Phi) is 9.28. The molecule has 1 heterocycles. The summed E-state index contributed by atoms with van der Waals surface area (Å²) in [4.78, 5) is 28.2. The van der Waals surface area contributed by atoms with Gasteiger partial charge < -0.3 is 15.0 Å². The fraction of sp³-hybridized carbons (Fsp3) is 0.667. The van der Waals surface area contributed by atoms with Crippen LogP contribution in [0.5, 0.6) is 0 Å². The number of hydrogen-bond acceptors (Lipinski definition) is 5. The quantitative estimate of drug-likeness (QED) is 0.536. The van der Waals surface area contributed by atoms with Gasteiger partial charge in [0.25, 0.3) is 0 Å². The Morgan fingerprint density at radius 1 is 1.06 bits per heavy atom. The van der Waals surface area contributed by atoms with E-state index in [1.54, 1.807) is 18.2 Å². The Hall–Kier alpha value is -1.97. The lowest BCUT2D eigenvalue weighted by Gasteiger charge is -2.36. The number of sulfonamides is 1. The van der Waals surface area contributed by atoms with Crippen LogP contribution >= 0.6 is 0 Å². The molecular formula is C24H37N3O5S. The molecule has 2 aliphatic rings. The molecule has 1 aromatic carbocycles. The van der Waals surface area contributed by atoms with Crippen LogP contribution in [-0.4, -0.2) is 63.0 Å². The van der Waals surface area contributed by atoms with E-state index in [1.165, 1.54) is 23.5 Å². The smallest absolute Gasteiger partial charge is 0.243 e. The molecule has 2 amide bonds. The van der Waals surface area contributed by atoms with E-state index in [1.807, 2.05) is 13.8 Å². The fourth-order valence-corrected chi connectivity index (χ4v) is 5.65. The van der Waals surface area contributed by atoms with Crippen molar-refractivity contribution in [3.8, 4) is 0 Å². The first-order chi connectivity index (χ1) is 15.8. The number of ether oxygens (including phenoxy) is 1. The van der Waals surface area contributed by atoms with E-state index in [4.69, 9.17) is 4.74 Å². The van der Waals surface area contributed by atoms with Gasteiger partial charge in [0.05, 0.1) is 17.5 Å². The zero-order chi connectivity index (χ0) is 23.8. The lowest BCUT2D eigenvalue weighted by Crippen LogP contribution is -2.57. The van der Waals surface area contributed by atoms with Gasteiger partial charge in [-0.1, -0.05) is 51.3 Å². The maximum atomic E-state index is 13.3. The molecule has 33 heavy (non-hydrogen) atoms. The van der Waals surface area contributed by atoms with Crippen LogP contribution in [-0.2, 0) is 24.3 Å². The van der Waals surface area contributed by atoms with Gasteiger partial charge in [-0.2, -0.15) is 0 Å². The van der Waals surface area contributed by atoms with E-state index < -0.39 is 28.5 Å². The Labute approximate surface area is 197 Å². The summed E-state index contributed by atoms with van der Waals surface area (Å²) in [6, 6.07) is 7.38. The summed E-state index contributed by atoms with van der Waals surface area (Å²) >= 11 is 0. The monoisotopic (exact) mass is 479 g/mol. The van der Waals surface area contributed by atoms with Crippen LogP contribution in [0.1, 0.15) is 58.8 Å². The van der Waals surface area contributed by atoms with Crippen LogP contribution < -0.4 is 10.0 Å². The largest absolute Gasteiger partial charge is 0.376 e. The molecule has 1 aromatic rings. The molecule has 0 aromatic heterocycles. The second-order valence-electron chi connectivity index (χ2n) is 9.35. The summed E-state index contributed by atoms with van der Waals surface area (Å²) in [5, 5.41) is 3.15. The Balaban J connectivity index is 1.74. The minimum absolute atomic E-state index is 0.0962. The molecule has 2 fully saturated rings. The van der Waals surface area contributed by atoms with E-state index in [0.717, 1.165) is 38.5 Å². The summed E-state index contributed by atoms with van der Waals surface area (Å²) in [6.07, 6.45) is 6.85. The highest BCUT2D eigenvalue weighted by atomic mass is 32.2. The van der Waals surface area contributed by atoms with Gasteiger partial charge in [-0.05, 0) is 43.7 Å². The van der Waals surface area contributed by atoms with Crippen molar-refractivity contribution in [1.82, 2.24) is 14.9 Å². The van der Waals surface area contributed by atoms with Crippen molar-refractivity contribution in [3.63, 3.8) is 0 Å². The average Bonchev–Trinajstić information content (AvgIpc) is 3.31. The average molecular weight is 480 g/mol. The van der Waals surface area contributed by atoms with Crippen LogP contribution in [0.25, 0.3) is 0 Å². The van der Waals surface area contributed by atoms with Gasteiger partial charge in [-0.15, -0.1) is 0 Å². The first-order valence-corrected chi connectivity index (χ1v) is 13.5. The third kappa shape index (κ3) is 7.25. The molecule has 1 aliphatic carbocycles. The predicted molar refractivity (Wildman–Crippen MR) is 126 cm³/mol. The first kappa shape index (κ1) is 25.6. The third-order valence-electron chi connectivity index (χ3n) is 6.40. The Morgan fingerprint density at radius 3 is 2.36 bits per heavy atom. The topological polar surface area (TPSA) is 105 Å². The standard InChI is InChI=1S/C24H37N3O5S/c1-18(2)23(24(29)26-19-10-5-3-6-11-19)27(17-20-12-9-15-32-20)22(28)16-25-33(30,31)21-13-7-4-8-14-21/h4,7-8,13-14,18-20,23,25H,3,5-6,9-12,15-17H2,1-2H3,(H,26,29)/t20-,23+/m1/s1. The zero-order valence-corrected chi connectivity index (χ0v) is 20.5. The molecular weight excluding hydrogens is 442 g/mol. The molecule has 8 nitrogen and oxygen atoms in total. The van der Waals surface area contributed by atoms with Crippen molar-refractivity contribution in [2.24, 2.45) is 5.92 Å². The molecule has 1 saturated carbocycles. The summed E-state index contributed by atoms with van der Waals surface area (Å²) < 4.78 is 33.4. The number of benzene rings is 1. The Morgan fingerprint density at radius 2 is 1.76 bits per heavy atom. The molecule has 0 spiro atoms. The minimum Gasteiger partial charge on any atom is -0.376 e. The summed E-state index contributed by atoms with van der Waals surface area (Å²) in [7, 11) is -3.83. The second-order valence-corrected chi connectivity index (χ2v) is 11.1. The minimum atomic E-state index is -3.83. The number of carbonyl (C=O) groups is 2. The number of rotatable bonds is 10. The molecule has 9 heteroatoms. The van der Waals surface area contributed by atoms with Crippen LogP contribution in [0.15, 0.2) is 35.2 Å². The highest BCUT2D eigenvalue weighted by Crippen LogP contribution is 2.21. The van der Waals surface area contributed by atoms with Crippen molar-refractivity contribution in [2.75, 3.05) is 19.7 Å². The molecule has 2 atom stereocenters. The van der Waals surface area contributed by atoms with Crippen LogP contribution in [0, 0.1) is 5.92 Å². The Bertz CT molecular complexity index is 879. The molecule has 0 radical (unpaired) electrons. The summed E-state index contributed by atoms with van der Waals surface area (Å²) in [6.45, 7) is 4.31. The number of nitrogens with one attached hydrogen (secondary N) is 2. The van der Waals surface area contributed by atoms with E-state index in [0.29, 0.717) is 6.61 Å². The van der Waals surface area contributed by atoms with Gasteiger partial charge in [0.1, 0.15) is 6.04 Å². The van der Waals surface area contributed by atoms with Gasteiger partial charge in [-0.3, -0.25) is 9.59 Å². The van der Waals surface area contributed by atoms with E-state index in [-0.39, 0.29) is 35.4 Å². The number of amides is 2. The van der Waals surface area contributed by atoms with E-state index >= 15 is 0 Å². The van der Waals surface area contributed by atoms with Crippen molar-refractivity contribution in [2.45, 2.75) is 81.9 Å². The zero-order valence-electron chi connectivity index (χ0n) is 19.7. The van der Waals surface area contributed by atoms with E-state index in [2.05, 4.69) is 10.0 Å². The third-order valence-corrected chi connectivity index (χ3v) is 7.82. The van der Waals surface area contributed by atoms with Gasteiger partial charge >= 0.3 is 0 Å². The number of carbonyl (C=O) groups excluding carboxylic acids is 2. The first-order valence-electron chi connectivity index (χ1n) is 12.0.